The van der Waals surface area contributed by atoms with Crippen molar-refractivity contribution in [3.63, 3.8) is 0 Å². The lowest BCUT2D eigenvalue weighted by Gasteiger charge is -1.94. The molecule has 0 heterocycles. The van der Waals surface area contributed by atoms with E-state index in [4.69, 9.17) is 10.5 Å². The molecule has 0 fully saturated rings. The van der Waals surface area contributed by atoms with Crippen LogP contribution in [0.2, 0.25) is 0 Å². The molecular formula is C14H25NO4. The Balaban J connectivity index is -0.000000136. The predicted octanol–water partition coefficient (Wildman–Crippen LogP) is 3.05. The van der Waals surface area contributed by atoms with Gasteiger partial charge in [0.2, 0.25) is 5.78 Å². The molecule has 0 aliphatic rings. The van der Waals surface area contributed by atoms with Gasteiger partial charge >= 0.3 is 5.97 Å². The lowest BCUT2D eigenvalue weighted by molar-refractivity contribution is -0.149. The molecule has 0 aromatic rings. The topological polar surface area (TPSA) is 95.3 Å². The Hall–Kier alpha value is -2.04. The summed E-state index contributed by atoms with van der Waals surface area (Å²) in [6.45, 7) is 16.2. The fraction of sp³-hybridized carbons (Fsp3) is 0.429. The lowest BCUT2D eigenvalue weighted by Crippen LogP contribution is -2.17. The molecule has 0 rings (SSSR count). The van der Waals surface area contributed by atoms with E-state index in [2.05, 4.69) is 13.2 Å². The lowest BCUT2D eigenvalue weighted by atomic mass is 10.1. The summed E-state index contributed by atoms with van der Waals surface area (Å²) in [5.41, 5.74) is 0.0459. The van der Waals surface area contributed by atoms with Crippen molar-refractivity contribution in [3.8, 4) is 0 Å². The fourth-order valence-corrected chi connectivity index (χ4v) is 0.449. The minimum atomic E-state index is -1.61. The van der Waals surface area contributed by atoms with Crippen molar-refractivity contribution in [1.82, 2.24) is 0 Å². The highest BCUT2D eigenvalue weighted by atomic mass is 16.4. The molecule has 0 aliphatic carbocycles. The maximum Gasteiger partial charge on any atom is 0.372 e. The van der Waals surface area contributed by atoms with Crippen LogP contribution in [0.4, 0.5) is 0 Å². The van der Waals surface area contributed by atoms with Gasteiger partial charge in [0, 0.05) is 5.57 Å². The fourth-order valence-electron chi connectivity index (χ4n) is 0.449. The first-order valence-corrected chi connectivity index (χ1v) is 5.96. The molecule has 5 nitrogen and oxygen atoms in total. The van der Waals surface area contributed by atoms with Gasteiger partial charge in [-0.15, -0.1) is 0 Å². The van der Waals surface area contributed by atoms with Crippen molar-refractivity contribution in [2.45, 2.75) is 41.0 Å². The van der Waals surface area contributed by atoms with Crippen LogP contribution in [0.5, 0.6) is 0 Å². The third-order valence-electron chi connectivity index (χ3n) is 1.16. The first-order chi connectivity index (χ1) is 8.90. The molecule has 0 saturated heterocycles. The van der Waals surface area contributed by atoms with Crippen LogP contribution < -0.4 is 0 Å². The van der Waals surface area contributed by atoms with Gasteiger partial charge in [0.25, 0.3) is 0 Å². The second-order valence-electron chi connectivity index (χ2n) is 2.35. The van der Waals surface area contributed by atoms with Gasteiger partial charge in [0.1, 0.15) is 0 Å². The van der Waals surface area contributed by atoms with E-state index in [0.29, 0.717) is 0 Å². The summed E-state index contributed by atoms with van der Waals surface area (Å²) in [7, 11) is 0. The number of carboxylic acid groups (broad SMARTS) is 1. The average molecular weight is 271 g/mol. The van der Waals surface area contributed by atoms with Gasteiger partial charge < -0.3 is 10.5 Å². The maximum absolute atomic E-state index is 10.8. The summed E-state index contributed by atoms with van der Waals surface area (Å²) in [6, 6.07) is 0. The van der Waals surface area contributed by atoms with Crippen LogP contribution in [0.3, 0.4) is 0 Å². The van der Waals surface area contributed by atoms with E-state index in [1.165, 1.54) is 12.3 Å². The average Bonchev–Trinajstić information content (AvgIpc) is 2.42. The van der Waals surface area contributed by atoms with E-state index in [0.717, 1.165) is 0 Å². The van der Waals surface area contributed by atoms with E-state index >= 15 is 0 Å². The smallest absolute Gasteiger partial charge is 0.372 e. The van der Waals surface area contributed by atoms with Crippen LogP contribution in [0, 0.1) is 5.41 Å². The molecule has 0 amide bonds. The molecule has 0 aromatic carbocycles. The highest BCUT2D eigenvalue weighted by molar-refractivity contribution is 6.37. The van der Waals surface area contributed by atoms with Gasteiger partial charge in [-0.05, 0) is 13.1 Å². The first-order valence-electron chi connectivity index (χ1n) is 5.96. The number of aliphatic carboxylic acids is 1. The Morgan fingerprint density at radius 1 is 1.11 bits per heavy atom. The Morgan fingerprint density at radius 2 is 1.42 bits per heavy atom. The number of ketones is 2. The summed E-state index contributed by atoms with van der Waals surface area (Å²) >= 11 is 0. The summed E-state index contributed by atoms with van der Waals surface area (Å²) in [4.78, 5) is 31.3. The van der Waals surface area contributed by atoms with E-state index in [-0.39, 0.29) is 5.57 Å². The number of hydrogen-bond acceptors (Lipinski definition) is 4. The van der Waals surface area contributed by atoms with Crippen LogP contribution in [-0.4, -0.2) is 28.9 Å². The Morgan fingerprint density at radius 3 is 1.63 bits per heavy atom. The summed E-state index contributed by atoms with van der Waals surface area (Å²) in [6.07, 6.45) is 1.78. The van der Waals surface area contributed by atoms with Crippen molar-refractivity contribution < 1.29 is 19.5 Å². The minimum Gasteiger partial charge on any atom is -0.475 e. The van der Waals surface area contributed by atoms with Crippen LogP contribution in [0.25, 0.3) is 0 Å². The zero-order chi connectivity index (χ0) is 16.4. The molecule has 0 spiro atoms. The maximum atomic E-state index is 10.8. The van der Waals surface area contributed by atoms with Crippen LogP contribution >= 0.6 is 0 Å². The molecule has 0 bridgehead atoms. The molecule has 0 atom stereocenters. The third kappa shape index (κ3) is 21.7. The van der Waals surface area contributed by atoms with Gasteiger partial charge in [-0.1, -0.05) is 46.9 Å². The summed E-state index contributed by atoms with van der Waals surface area (Å²) < 4.78 is 0. The first kappa shape index (κ1) is 25.7. The van der Waals surface area contributed by atoms with Crippen molar-refractivity contribution in [2.75, 3.05) is 0 Å². The molecule has 0 aromatic heterocycles. The minimum absolute atomic E-state index is 0.0459. The molecule has 110 valence electrons. The van der Waals surface area contributed by atoms with Gasteiger partial charge in [-0.2, -0.15) is 0 Å². The van der Waals surface area contributed by atoms with Gasteiger partial charge in [-0.25, -0.2) is 4.79 Å². The largest absolute Gasteiger partial charge is 0.475 e. The monoisotopic (exact) mass is 271 g/mol. The van der Waals surface area contributed by atoms with Gasteiger partial charge in [0.15, 0.2) is 5.78 Å². The molecule has 0 saturated carbocycles. The quantitative estimate of drug-likeness (QED) is 0.264. The Labute approximate surface area is 115 Å². The van der Waals surface area contributed by atoms with E-state index in [9.17, 15) is 14.4 Å². The second kappa shape index (κ2) is 21.3. The Bertz CT molecular complexity index is 307. The number of hydrogen-bond donors (Lipinski definition) is 2. The summed E-state index contributed by atoms with van der Waals surface area (Å²) in [5, 5.41) is 14.2. The molecule has 19 heavy (non-hydrogen) atoms. The summed E-state index contributed by atoms with van der Waals surface area (Å²) in [5.74, 6) is -3.36. The SMILES string of the molecule is C=CC(=C)C(=O)CC(=O)C(=O)O.CC.CC.CC=N. The number of carbonyl (C=O) groups excluding carboxylic acids is 2. The number of carboxylic acids is 1. The highest BCUT2D eigenvalue weighted by Gasteiger charge is 2.16. The van der Waals surface area contributed by atoms with Gasteiger partial charge in [-0.3, -0.25) is 9.59 Å². The molecule has 2 N–H and O–H groups in total. The van der Waals surface area contributed by atoms with Crippen LogP contribution in [0.15, 0.2) is 24.8 Å². The molecule has 0 radical (unpaired) electrons. The van der Waals surface area contributed by atoms with E-state index in [1.54, 1.807) is 6.92 Å². The van der Waals surface area contributed by atoms with Crippen LogP contribution in [-0.2, 0) is 14.4 Å². The molecular weight excluding hydrogens is 246 g/mol. The Kier molecular flexibility index (Phi) is 28.8. The van der Waals surface area contributed by atoms with Crippen LogP contribution in [0.1, 0.15) is 41.0 Å². The number of nitrogens with one attached hydrogen (secondary N) is 1. The second-order valence-corrected chi connectivity index (χ2v) is 2.35. The number of rotatable bonds is 5. The van der Waals surface area contributed by atoms with E-state index < -0.39 is 24.0 Å². The van der Waals surface area contributed by atoms with Crippen molar-refractivity contribution >= 4 is 23.8 Å². The zero-order valence-corrected chi connectivity index (χ0v) is 12.4. The predicted molar refractivity (Wildman–Crippen MR) is 78.8 cm³/mol. The van der Waals surface area contributed by atoms with Crippen molar-refractivity contribution in [1.29, 1.82) is 5.41 Å². The number of allylic oxidation sites excluding steroid dienone is 2. The van der Waals surface area contributed by atoms with E-state index in [1.807, 2.05) is 27.7 Å². The third-order valence-corrected chi connectivity index (χ3v) is 1.16. The van der Waals surface area contributed by atoms with Crippen molar-refractivity contribution in [2.24, 2.45) is 0 Å². The zero-order valence-electron chi connectivity index (χ0n) is 12.4. The molecule has 0 unspecified atom stereocenters. The van der Waals surface area contributed by atoms with Crippen molar-refractivity contribution in [3.05, 3.63) is 24.8 Å². The molecule has 5 heteroatoms. The molecule has 0 aliphatic heterocycles. The highest BCUT2D eigenvalue weighted by Crippen LogP contribution is 1.98. The number of carbonyl (C=O) groups is 3. The number of Topliss-reactive ketones (excluding diaryl/α,β-unsaturated/α-hetero) is 2. The van der Waals surface area contributed by atoms with Gasteiger partial charge in [0.05, 0.1) is 6.42 Å². The normalized spacial score (nSPS) is 6.79. The standard InChI is InChI=1S/C8H8O4.C2H5N.2C2H6/c1-3-5(2)6(9)4-7(10)8(11)12;1-2-3;2*1-2/h3H,1-2,4H2,(H,11,12);2-3H,1H3;2*1-2H3.